The minimum absolute atomic E-state index is 0.191. The van der Waals surface area contributed by atoms with Crippen LogP contribution in [-0.2, 0) is 16.0 Å². The monoisotopic (exact) mass is 478 g/mol. The number of hydrogen-bond donors (Lipinski definition) is 4. The molecule has 1 amide bonds. The Hall–Kier alpha value is -4.29. The molecule has 0 spiro atoms. The number of rotatable bonds is 5. The third kappa shape index (κ3) is 6.37. The number of carboxylic acid groups (broad SMARTS) is 1. The fourth-order valence-corrected chi connectivity index (χ4v) is 3.01. The lowest BCUT2D eigenvalue weighted by atomic mass is 10.1. The molecule has 0 fully saturated rings. The quantitative estimate of drug-likeness (QED) is 0.324. The Bertz CT molecular complexity index is 1290. The number of H-pyrrole nitrogens is 2. The summed E-state index contributed by atoms with van der Waals surface area (Å²) in [5, 5.41) is 16.7. The third-order valence-corrected chi connectivity index (χ3v) is 4.47. The van der Waals surface area contributed by atoms with Gasteiger partial charge in [-0.15, -0.1) is 0 Å². The second kappa shape index (κ2) is 10.1. The molecule has 0 saturated heterocycles. The molecule has 9 nitrogen and oxygen atoms in total. The lowest BCUT2D eigenvalue weighted by molar-refractivity contribution is -0.192. The summed E-state index contributed by atoms with van der Waals surface area (Å²) >= 11 is 0. The molecule has 34 heavy (non-hydrogen) atoms. The van der Waals surface area contributed by atoms with Crippen LogP contribution in [0.3, 0.4) is 0 Å². The van der Waals surface area contributed by atoms with E-state index < -0.39 is 18.2 Å². The number of carbonyl (C=O) groups is 2. The first-order chi connectivity index (χ1) is 16.0. The van der Waals surface area contributed by atoms with Crippen molar-refractivity contribution in [2.75, 3.05) is 0 Å². The molecule has 0 unspecified atom stereocenters. The van der Waals surface area contributed by atoms with E-state index in [9.17, 15) is 22.4 Å². The lowest BCUT2D eigenvalue weighted by Gasteiger charge is -2.15. The Morgan fingerprint density at radius 2 is 1.91 bits per heavy atom. The number of halogens is 4. The van der Waals surface area contributed by atoms with E-state index in [0.29, 0.717) is 17.9 Å². The Morgan fingerprint density at radius 1 is 1.18 bits per heavy atom. The molecule has 13 heteroatoms. The van der Waals surface area contributed by atoms with E-state index in [1.807, 2.05) is 12.1 Å². The average Bonchev–Trinajstić information content (AvgIpc) is 3.42. The topological polar surface area (TPSA) is 137 Å². The zero-order valence-corrected chi connectivity index (χ0v) is 17.5. The van der Waals surface area contributed by atoms with Crippen LogP contribution in [0.2, 0.25) is 0 Å². The molecule has 4 N–H and O–H groups in total. The van der Waals surface area contributed by atoms with Crippen molar-refractivity contribution in [3.63, 3.8) is 0 Å². The van der Waals surface area contributed by atoms with Crippen LogP contribution in [-0.4, -0.2) is 48.3 Å². The number of carbonyl (C=O) groups excluding carboxylic acids is 1. The molecular weight excluding hydrogens is 460 g/mol. The number of nitrogens with one attached hydrogen (secondary N) is 3. The van der Waals surface area contributed by atoms with Gasteiger partial charge in [0.05, 0.1) is 17.8 Å². The first-order valence-corrected chi connectivity index (χ1v) is 9.69. The van der Waals surface area contributed by atoms with E-state index >= 15 is 0 Å². The van der Waals surface area contributed by atoms with E-state index in [-0.39, 0.29) is 11.7 Å². The van der Waals surface area contributed by atoms with Crippen LogP contribution in [0, 0.1) is 5.82 Å². The molecule has 4 rings (SSSR count). The van der Waals surface area contributed by atoms with Crippen LogP contribution < -0.4 is 5.32 Å². The van der Waals surface area contributed by atoms with Gasteiger partial charge in [0.2, 0.25) is 5.91 Å². The second-order valence-electron chi connectivity index (χ2n) is 7.09. The van der Waals surface area contributed by atoms with E-state index in [0.717, 1.165) is 22.2 Å². The number of carboxylic acids is 1. The number of hydrogen-bond acceptors (Lipinski definition) is 5. The largest absolute Gasteiger partial charge is 0.490 e. The van der Waals surface area contributed by atoms with Crippen molar-refractivity contribution in [2.24, 2.45) is 0 Å². The standard InChI is InChI=1S/C19H17FN6O.C2HF3O2/c1-11(27)24-16(6-12-3-2-4-15(20)5-12)19-25-17-7-13(8-21-18(17)26-19)14-9-22-23-10-14;3-2(4,5)1(6)7/h2-5,7-10,16H,6H2,1H3,(H,22,23)(H,24,27)(H,21,25,26);(H,6,7)/t16-;/m1./s1. The number of pyridine rings is 1. The zero-order valence-electron chi connectivity index (χ0n) is 17.5. The molecule has 0 saturated carbocycles. The van der Waals surface area contributed by atoms with Crippen molar-refractivity contribution in [3.8, 4) is 11.1 Å². The number of nitrogens with zero attached hydrogens (tertiary/aromatic N) is 3. The zero-order chi connectivity index (χ0) is 24.9. The van der Waals surface area contributed by atoms with Gasteiger partial charge in [-0.05, 0) is 30.2 Å². The van der Waals surface area contributed by atoms with E-state index in [1.54, 1.807) is 24.7 Å². The summed E-state index contributed by atoms with van der Waals surface area (Å²) in [5.74, 6) is -2.69. The van der Waals surface area contributed by atoms with Crippen LogP contribution >= 0.6 is 0 Å². The van der Waals surface area contributed by atoms with Gasteiger partial charge in [0.15, 0.2) is 5.65 Å². The maximum absolute atomic E-state index is 13.5. The van der Waals surface area contributed by atoms with Crippen LogP contribution in [0.5, 0.6) is 0 Å². The Morgan fingerprint density at radius 3 is 2.50 bits per heavy atom. The molecule has 0 aliphatic heterocycles. The Labute approximate surface area is 189 Å². The predicted octanol–water partition coefficient (Wildman–Crippen LogP) is 3.54. The number of amides is 1. The van der Waals surface area contributed by atoms with Gasteiger partial charge in [-0.1, -0.05) is 12.1 Å². The predicted molar refractivity (Wildman–Crippen MR) is 112 cm³/mol. The summed E-state index contributed by atoms with van der Waals surface area (Å²) in [7, 11) is 0. The SMILES string of the molecule is CC(=O)N[C@H](Cc1cccc(F)c1)c1nc2ncc(-c3cn[nH]c3)cc2[nH]1.O=C(O)C(F)(F)F. The molecule has 1 aromatic carbocycles. The molecule has 1 atom stereocenters. The number of aromatic nitrogens is 5. The number of aliphatic carboxylic acids is 1. The van der Waals surface area contributed by atoms with Gasteiger partial charge >= 0.3 is 12.1 Å². The van der Waals surface area contributed by atoms with Crippen molar-refractivity contribution < 1.29 is 32.3 Å². The molecule has 0 radical (unpaired) electrons. The highest BCUT2D eigenvalue weighted by Gasteiger charge is 2.38. The van der Waals surface area contributed by atoms with Gasteiger partial charge in [0.25, 0.3) is 0 Å². The van der Waals surface area contributed by atoms with Gasteiger partial charge in [-0.25, -0.2) is 19.2 Å². The Kier molecular flexibility index (Phi) is 7.24. The van der Waals surface area contributed by atoms with Crippen molar-refractivity contribution in [1.29, 1.82) is 0 Å². The van der Waals surface area contributed by atoms with Gasteiger partial charge < -0.3 is 15.4 Å². The van der Waals surface area contributed by atoms with Crippen molar-refractivity contribution >= 4 is 23.0 Å². The van der Waals surface area contributed by atoms with Crippen molar-refractivity contribution in [1.82, 2.24) is 30.5 Å². The smallest absolute Gasteiger partial charge is 0.475 e. The number of fused-ring (bicyclic) bond motifs is 1. The fourth-order valence-electron chi connectivity index (χ4n) is 3.01. The molecule has 0 aliphatic carbocycles. The van der Waals surface area contributed by atoms with Crippen LogP contribution in [0.1, 0.15) is 24.4 Å². The van der Waals surface area contributed by atoms with Crippen molar-refractivity contribution in [2.45, 2.75) is 25.6 Å². The molecule has 4 aromatic rings. The molecule has 3 heterocycles. The molecule has 178 valence electrons. The third-order valence-electron chi connectivity index (χ3n) is 4.47. The number of aromatic amines is 2. The first-order valence-electron chi connectivity index (χ1n) is 9.69. The highest BCUT2D eigenvalue weighted by atomic mass is 19.4. The maximum Gasteiger partial charge on any atom is 0.490 e. The lowest BCUT2D eigenvalue weighted by Crippen LogP contribution is -2.28. The molecule has 0 bridgehead atoms. The van der Waals surface area contributed by atoms with E-state index in [2.05, 4.69) is 30.5 Å². The summed E-state index contributed by atoms with van der Waals surface area (Å²) < 4.78 is 45.2. The number of benzene rings is 1. The molecule has 0 aliphatic rings. The van der Waals surface area contributed by atoms with Crippen LogP contribution in [0.4, 0.5) is 17.6 Å². The highest BCUT2D eigenvalue weighted by Crippen LogP contribution is 2.23. The first kappa shape index (κ1) is 24.4. The maximum atomic E-state index is 13.5. The minimum atomic E-state index is -5.08. The van der Waals surface area contributed by atoms with Crippen LogP contribution in [0.15, 0.2) is 48.9 Å². The summed E-state index contributed by atoms with van der Waals surface area (Å²) in [6.07, 6.45) is 0.540. The van der Waals surface area contributed by atoms with Gasteiger partial charge in [0, 0.05) is 30.4 Å². The number of imidazole rings is 1. The summed E-state index contributed by atoms with van der Waals surface area (Å²) in [6.45, 7) is 1.44. The van der Waals surface area contributed by atoms with Crippen LogP contribution in [0.25, 0.3) is 22.3 Å². The van der Waals surface area contributed by atoms with E-state index in [4.69, 9.17) is 9.90 Å². The van der Waals surface area contributed by atoms with Gasteiger partial charge in [-0.2, -0.15) is 18.3 Å². The Balaban J connectivity index is 0.000000406. The average molecular weight is 478 g/mol. The van der Waals surface area contributed by atoms with Gasteiger partial charge in [0.1, 0.15) is 11.6 Å². The van der Waals surface area contributed by atoms with E-state index in [1.165, 1.54) is 19.1 Å². The highest BCUT2D eigenvalue weighted by molar-refractivity contribution is 5.78. The molecule has 3 aromatic heterocycles. The van der Waals surface area contributed by atoms with Gasteiger partial charge in [-0.3, -0.25) is 9.89 Å². The number of alkyl halides is 3. The summed E-state index contributed by atoms with van der Waals surface area (Å²) in [4.78, 5) is 32.7. The minimum Gasteiger partial charge on any atom is -0.475 e. The summed E-state index contributed by atoms with van der Waals surface area (Å²) in [5.41, 5.74) is 3.87. The summed E-state index contributed by atoms with van der Waals surface area (Å²) in [6, 6.07) is 7.81. The second-order valence-corrected chi connectivity index (χ2v) is 7.09. The molecular formula is C21H18F4N6O3. The fraction of sp³-hybridized carbons (Fsp3) is 0.190. The normalized spacial score (nSPS) is 12.0. The van der Waals surface area contributed by atoms with Crippen molar-refractivity contribution in [3.05, 3.63) is 66.1 Å².